The SMILES string of the molecule is CS(=O)(=O)CCC(N)C(=O)NCCOCc1ccc(Cl)cc1Cl. The van der Waals surface area contributed by atoms with Crippen molar-refractivity contribution in [3.05, 3.63) is 33.8 Å². The van der Waals surface area contributed by atoms with Gasteiger partial charge in [0.15, 0.2) is 0 Å². The molecule has 9 heteroatoms. The molecule has 0 aliphatic carbocycles. The van der Waals surface area contributed by atoms with Crippen LogP contribution in [-0.4, -0.2) is 45.5 Å². The molecule has 0 spiro atoms. The lowest BCUT2D eigenvalue weighted by Gasteiger charge is -2.12. The van der Waals surface area contributed by atoms with E-state index in [1.165, 1.54) is 0 Å². The molecule has 1 unspecified atom stereocenters. The Morgan fingerprint density at radius 3 is 2.70 bits per heavy atom. The van der Waals surface area contributed by atoms with Crippen molar-refractivity contribution in [1.82, 2.24) is 5.32 Å². The van der Waals surface area contributed by atoms with E-state index in [4.69, 9.17) is 33.7 Å². The van der Waals surface area contributed by atoms with Crippen LogP contribution in [-0.2, 0) is 26.0 Å². The molecule has 0 aliphatic rings. The van der Waals surface area contributed by atoms with E-state index in [0.29, 0.717) is 16.7 Å². The summed E-state index contributed by atoms with van der Waals surface area (Å²) >= 11 is 11.8. The van der Waals surface area contributed by atoms with Gasteiger partial charge in [0.25, 0.3) is 0 Å². The maximum Gasteiger partial charge on any atom is 0.237 e. The largest absolute Gasteiger partial charge is 0.375 e. The molecule has 0 saturated heterocycles. The summed E-state index contributed by atoms with van der Waals surface area (Å²) in [5.41, 5.74) is 6.42. The van der Waals surface area contributed by atoms with Crippen LogP contribution in [0.25, 0.3) is 0 Å². The summed E-state index contributed by atoms with van der Waals surface area (Å²) in [6.07, 6.45) is 1.19. The molecule has 0 saturated carbocycles. The van der Waals surface area contributed by atoms with Gasteiger partial charge in [0.05, 0.1) is 25.0 Å². The van der Waals surface area contributed by atoms with Gasteiger partial charge >= 0.3 is 0 Å². The highest BCUT2D eigenvalue weighted by Crippen LogP contribution is 2.21. The Morgan fingerprint density at radius 2 is 2.09 bits per heavy atom. The van der Waals surface area contributed by atoms with Gasteiger partial charge in [-0.3, -0.25) is 4.79 Å². The zero-order valence-electron chi connectivity index (χ0n) is 12.7. The molecule has 1 amide bonds. The van der Waals surface area contributed by atoms with Crippen molar-refractivity contribution in [2.45, 2.75) is 19.1 Å². The van der Waals surface area contributed by atoms with Crippen molar-refractivity contribution >= 4 is 38.9 Å². The normalized spacial score (nSPS) is 12.9. The highest BCUT2D eigenvalue weighted by molar-refractivity contribution is 7.90. The van der Waals surface area contributed by atoms with Crippen LogP contribution in [0.1, 0.15) is 12.0 Å². The third-order valence-electron chi connectivity index (χ3n) is 2.95. The average molecular weight is 383 g/mol. The molecule has 1 aromatic carbocycles. The van der Waals surface area contributed by atoms with Gasteiger partial charge in [0.2, 0.25) is 5.91 Å². The second kappa shape index (κ2) is 9.44. The van der Waals surface area contributed by atoms with Crippen LogP contribution in [0, 0.1) is 0 Å². The van der Waals surface area contributed by atoms with Crippen molar-refractivity contribution in [1.29, 1.82) is 0 Å². The number of benzene rings is 1. The van der Waals surface area contributed by atoms with Crippen LogP contribution in [0.4, 0.5) is 0 Å². The van der Waals surface area contributed by atoms with Gasteiger partial charge in [-0.25, -0.2) is 8.42 Å². The lowest BCUT2D eigenvalue weighted by atomic mass is 10.2. The minimum absolute atomic E-state index is 0.0892. The molecular formula is C14H20Cl2N2O4S. The van der Waals surface area contributed by atoms with Gasteiger partial charge < -0.3 is 15.8 Å². The Labute approximate surface area is 146 Å². The van der Waals surface area contributed by atoms with Crippen molar-refractivity contribution in [2.75, 3.05) is 25.2 Å². The molecule has 23 heavy (non-hydrogen) atoms. The van der Waals surface area contributed by atoms with Crippen molar-refractivity contribution in [3.8, 4) is 0 Å². The smallest absolute Gasteiger partial charge is 0.237 e. The van der Waals surface area contributed by atoms with Crippen molar-refractivity contribution in [3.63, 3.8) is 0 Å². The van der Waals surface area contributed by atoms with Crippen LogP contribution in [0.5, 0.6) is 0 Å². The zero-order valence-corrected chi connectivity index (χ0v) is 15.0. The quantitative estimate of drug-likeness (QED) is 0.628. The first kappa shape index (κ1) is 20.2. The molecule has 1 aromatic rings. The first-order valence-corrected chi connectivity index (χ1v) is 9.73. The topological polar surface area (TPSA) is 98.5 Å². The molecule has 0 aliphatic heterocycles. The maximum absolute atomic E-state index is 11.7. The molecule has 0 fully saturated rings. The summed E-state index contributed by atoms with van der Waals surface area (Å²) in [6.45, 7) is 0.853. The lowest BCUT2D eigenvalue weighted by molar-refractivity contribution is -0.122. The van der Waals surface area contributed by atoms with Gasteiger partial charge in [-0.05, 0) is 24.1 Å². The molecule has 1 atom stereocenters. The first-order valence-electron chi connectivity index (χ1n) is 6.92. The third-order valence-corrected chi connectivity index (χ3v) is 4.52. The number of halogens is 2. The zero-order chi connectivity index (χ0) is 17.5. The highest BCUT2D eigenvalue weighted by Gasteiger charge is 2.15. The minimum atomic E-state index is -3.13. The van der Waals surface area contributed by atoms with Crippen molar-refractivity contribution in [2.24, 2.45) is 5.73 Å². The van der Waals surface area contributed by atoms with Crippen LogP contribution < -0.4 is 11.1 Å². The van der Waals surface area contributed by atoms with Gasteiger partial charge in [0, 0.05) is 22.8 Å². The van der Waals surface area contributed by atoms with E-state index in [2.05, 4.69) is 5.32 Å². The molecular weight excluding hydrogens is 363 g/mol. The maximum atomic E-state index is 11.7. The highest BCUT2D eigenvalue weighted by atomic mass is 35.5. The molecule has 0 heterocycles. The van der Waals surface area contributed by atoms with E-state index < -0.39 is 21.8 Å². The summed E-state index contributed by atoms with van der Waals surface area (Å²) in [7, 11) is -3.13. The Bertz CT molecular complexity index is 638. The minimum Gasteiger partial charge on any atom is -0.375 e. The first-order chi connectivity index (χ1) is 10.7. The van der Waals surface area contributed by atoms with Crippen LogP contribution in [0.2, 0.25) is 10.0 Å². The number of carbonyl (C=O) groups is 1. The van der Waals surface area contributed by atoms with E-state index in [-0.39, 0.29) is 25.3 Å². The second-order valence-electron chi connectivity index (χ2n) is 5.10. The number of sulfone groups is 1. The molecule has 0 radical (unpaired) electrons. The van der Waals surface area contributed by atoms with E-state index in [1.54, 1.807) is 18.2 Å². The molecule has 130 valence electrons. The Balaban J connectivity index is 2.22. The van der Waals surface area contributed by atoms with Crippen molar-refractivity contribution < 1.29 is 17.9 Å². The number of rotatable bonds is 9. The summed E-state index contributed by atoms with van der Waals surface area (Å²) in [4.78, 5) is 11.7. The van der Waals surface area contributed by atoms with Crippen LogP contribution >= 0.6 is 23.2 Å². The monoisotopic (exact) mass is 382 g/mol. The summed E-state index contributed by atoms with van der Waals surface area (Å²) in [5, 5.41) is 3.66. The average Bonchev–Trinajstić information content (AvgIpc) is 2.45. The lowest BCUT2D eigenvalue weighted by Crippen LogP contribution is -2.42. The van der Waals surface area contributed by atoms with E-state index >= 15 is 0 Å². The summed E-state index contributed by atoms with van der Waals surface area (Å²) in [5.74, 6) is -0.519. The summed E-state index contributed by atoms with van der Waals surface area (Å²) in [6, 6.07) is 4.26. The van der Waals surface area contributed by atoms with Gasteiger partial charge in [-0.2, -0.15) is 0 Å². The van der Waals surface area contributed by atoms with Crippen LogP contribution in [0.15, 0.2) is 18.2 Å². The molecule has 1 rings (SSSR count). The van der Waals surface area contributed by atoms with E-state index in [9.17, 15) is 13.2 Å². The third kappa shape index (κ3) is 8.53. The Kier molecular flexibility index (Phi) is 8.28. The molecule has 3 N–H and O–H groups in total. The number of amides is 1. The summed E-state index contributed by atoms with van der Waals surface area (Å²) < 4.78 is 27.4. The number of nitrogens with two attached hydrogens (primary N) is 1. The Morgan fingerprint density at radius 1 is 1.39 bits per heavy atom. The van der Waals surface area contributed by atoms with Crippen LogP contribution in [0.3, 0.4) is 0 Å². The van der Waals surface area contributed by atoms with Gasteiger partial charge in [-0.1, -0.05) is 29.3 Å². The standard InChI is InChI=1S/C14H20Cl2N2O4S/c1-23(20,21)7-4-13(17)14(19)18-5-6-22-9-10-2-3-11(15)8-12(10)16/h2-3,8,13H,4-7,9,17H2,1H3,(H,18,19). The van der Waals surface area contributed by atoms with E-state index in [1.807, 2.05) is 0 Å². The predicted molar refractivity (Wildman–Crippen MR) is 91.4 cm³/mol. The number of hydrogen-bond acceptors (Lipinski definition) is 5. The molecule has 0 bridgehead atoms. The number of nitrogens with one attached hydrogen (secondary N) is 1. The predicted octanol–water partition coefficient (Wildman–Crippen LogP) is 1.39. The van der Waals surface area contributed by atoms with Gasteiger partial charge in [-0.15, -0.1) is 0 Å². The fraction of sp³-hybridized carbons (Fsp3) is 0.500. The fourth-order valence-electron chi connectivity index (χ4n) is 1.67. The fourth-order valence-corrected chi connectivity index (χ4v) is 2.82. The Hall–Kier alpha value is -0.860. The number of ether oxygens (including phenoxy) is 1. The molecule has 6 nitrogen and oxygen atoms in total. The number of carbonyl (C=O) groups excluding carboxylic acids is 1. The second-order valence-corrected chi connectivity index (χ2v) is 8.21. The molecule has 0 aromatic heterocycles. The van der Waals surface area contributed by atoms with Gasteiger partial charge in [0.1, 0.15) is 9.84 Å². The van der Waals surface area contributed by atoms with E-state index in [0.717, 1.165) is 11.8 Å². The number of hydrogen-bond donors (Lipinski definition) is 2.